The van der Waals surface area contributed by atoms with Gasteiger partial charge >= 0.3 is 0 Å². The summed E-state index contributed by atoms with van der Waals surface area (Å²) in [6.45, 7) is 1.19. The maximum Gasteiger partial charge on any atom is 0.0452 e. The van der Waals surface area contributed by atoms with Crippen molar-refractivity contribution >= 4 is 0 Å². The van der Waals surface area contributed by atoms with Gasteiger partial charge in [-0.15, -0.1) is 0 Å². The van der Waals surface area contributed by atoms with Gasteiger partial charge in [-0.25, -0.2) is 0 Å². The minimum absolute atomic E-state index is 0.170. The summed E-state index contributed by atoms with van der Waals surface area (Å²) in [5.41, 5.74) is 7.50. The van der Waals surface area contributed by atoms with Crippen molar-refractivity contribution in [2.75, 3.05) is 13.6 Å². The molecule has 2 atom stereocenters. The third kappa shape index (κ3) is 1.81. The second kappa shape index (κ2) is 4.11. The number of nitrogens with zero attached hydrogens (tertiary/aromatic N) is 1. The van der Waals surface area contributed by atoms with E-state index in [1.54, 1.807) is 0 Å². The second-order valence-corrected chi connectivity index (χ2v) is 4.13. The summed E-state index contributed by atoms with van der Waals surface area (Å²) in [4.78, 5) is 2.37. The Kier molecular flexibility index (Phi) is 2.85. The fourth-order valence-corrected chi connectivity index (χ4v) is 2.29. The van der Waals surface area contributed by atoms with Gasteiger partial charge in [-0.05, 0) is 32.0 Å². The molecule has 0 unspecified atom stereocenters. The zero-order valence-corrected chi connectivity index (χ0v) is 8.69. The molecule has 0 radical (unpaired) electrons. The molecule has 0 saturated carbocycles. The lowest BCUT2D eigenvalue weighted by Gasteiger charge is -2.26. The van der Waals surface area contributed by atoms with Gasteiger partial charge in [-0.3, -0.25) is 0 Å². The normalized spacial score (nSPS) is 25.1. The van der Waals surface area contributed by atoms with Gasteiger partial charge in [-0.1, -0.05) is 30.3 Å². The highest BCUT2D eigenvalue weighted by molar-refractivity contribution is 5.20. The lowest BCUT2D eigenvalue weighted by atomic mass is 9.99. The van der Waals surface area contributed by atoms with Gasteiger partial charge in [0.05, 0.1) is 0 Å². The highest BCUT2D eigenvalue weighted by Gasteiger charge is 2.27. The van der Waals surface area contributed by atoms with Crippen LogP contribution in [0.2, 0.25) is 0 Å². The van der Waals surface area contributed by atoms with E-state index in [0.717, 1.165) is 0 Å². The molecule has 0 amide bonds. The summed E-state index contributed by atoms with van der Waals surface area (Å²) in [5.74, 6) is 0. The Balaban J connectivity index is 2.12. The van der Waals surface area contributed by atoms with Gasteiger partial charge in [0, 0.05) is 12.1 Å². The van der Waals surface area contributed by atoms with Crippen molar-refractivity contribution in [1.82, 2.24) is 4.90 Å². The van der Waals surface area contributed by atoms with Gasteiger partial charge in [0.25, 0.3) is 0 Å². The largest absolute Gasteiger partial charge is 0.323 e. The van der Waals surface area contributed by atoms with Crippen molar-refractivity contribution in [3.8, 4) is 0 Å². The van der Waals surface area contributed by atoms with Crippen LogP contribution in [-0.2, 0) is 0 Å². The first-order valence-corrected chi connectivity index (χ1v) is 5.30. The van der Waals surface area contributed by atoms with E-state index in [1.165, 1.54) is 24.9 Å². The van der Waals surface area contributed by atoms with Crippen LogP contribution in [0.3, 0.4) is 0 Å². The minimum Gasteiger partial charge on any atom is -0.323 e. The van der Waals surface area contributed by atoms with Crippen LogP contribution in [0.4, 0.5) is 0 Å². The summed E-state index contributed by atoms with van der Waals surface area (Å²) in [6, 6.07) is 11.1. The number of likely N-dealkylation sites (N-methyl/N-ethyl adjacent to an activating group) is 1. The summed E-state index contributed by atoms with van der Waals surface area (Å²) >= 11 is 0. The Bertz CT molecular complexity index is 284. The van der Waals surface area contributed by atoms with E-state index < -0.39 is 0 Å². The molecular weight excluding hydrogens is 172 g/mol. The highest BCUT2D eigenvalue weighted by Crippen LogP contribution is 2.25. The predicted octanol–water partition coefficient (Wildman–Crippen LogP) is 1.78. The van der Waals surface area contributed by atoms with Crippen molar-refractivity contribution < 1.29 is 0 Å². The number of hydrogen-bond acceptors (Lipinski definition) is 2. The van der Waals surface area contributed by atoms with Gasteiger partial charge in [-0.2, -0.15) is 0 Å². The van der Waals surface area contributed by atoms with Crippen molar-refractivity contribution in [2.24, 2.45) is 5.73 Å². The molecule has 2 heteroatoms. The Morgan fingerprint density at radius 2 is 2.07 bits per heavy atom. The van der Waals surface area contributed by atoms with Crippen LogP contribution in [0.15, 0.2) is 30.3 Å². The Morgan fingerprint density at radius 3 is 2.64 bits per heavy atom. The fourth-order valence-electron chi connectivity index (χ4n) is 2.29. The molecular formula is C12H18N2. The average Bonchev–Trinajstić information content (AvgIpc) is 2.65. The number of likely N-dealkylation sites (tertiary alicyclic amines) is 1. The van der Waals surface area contributed by atoms with Crippen LogP contribution in [0.1, 0.15) is 24.4 Å². The molecule has 1 aromatic carbocycles. The van der Waals surface area contributed by atoms with Gasteiger partial charge in [0.1, 0.15) is 0 Å². The smallest absolute Gasteiger partial charge is 0.0452 e. The first-order valence-electron chi connectivity index (χ1n) is 5.30. The van der Waals surface area contributed by atoms with Crippen LogP contribution in [0.25, 0.3) is 0 Å². The molecule has 0 spiro atoms. The average molecular weight is 190 g/mol. The minimum atomic E-state index is 0.170. The predicted molar refractivity (Wildman–Crippen MR) is 59.0 cm³/mol. The summed E-state index contributed by atoms with van der Waals surface area (Å²) in [6.07, 6.45) is 2.51. The van der Waals surface area contributed by atoms with Crippen molar-refractivity contribution in [3.63, 3.8) is 0 Å². The molecule has 2 rings (SSSR count). The molecule has 1 fully saturated rings. The van der Waals surface area contributed by atoms with Crippen LogP contribution in [0, 0.1) is 0 Å². The third-order valence-corrected chi connectivity index (χ3v) is 3.18. The van der Waals surface area contributed by atoms with Crippen molar-refractivity contribution in [3.05, 3.63) is 35.9 Å². The molecule has 2 N–H and O–H groups in total. The molecule has 1 aromatic rings. The standard InChI is InChI=1S/C12H18N2/c1-14-9-5-8-11(14)12(13)10-6-3-2-4-7-10/h2-4,6-7,11-12H,5,8-9,13H2,1H3/t11-,12-/m0/s1. The number of hydrogen-bond donors (Lipinski definition) is 1. The van der Waals surface area contributed by atoms with Crippen LogP contribution >= 0.6 is 0 Å². The third-order valence-electron chi connectivity index (χ3n) is 3.18. The maximum atomic E-state index is 6.25. The zero-order chi connectivity index (χ0) is 9.97. The van der Waals surface area contributed by atoms with E-state index in [2.05, 4.69) is 36.2 Å². The summed E-state index contributed by atoms with van der Waals surface area (Å²) in [5, 5.41) is 0. The van der Waals surface area contributed by atoms with E-state index in [-0.39, 0.29) is 6.04 Å². The highest BCUT2D eigenvalue weighted by atomic mass is 15.2. The van der Waals surface area contributed by atoms with E-state index >= 15 is 0 Å². The molecule has 1 aliphatic heterocycles. The SMILES string of the molecule is CN1CCC[C@H]1[C@@H](N)c1ccccc1. The van der Waals surface area contributed by atoms with E-state index in [1.807, 2.05) is 6.07 Å². The quantitative estimate of drug-likeness (QED) is 0.770. The maximum absolute atomic E-state index is 6.25. The van der Waals surface area contributed by atoms with Gasteiger partial charge in [0.15, 0.2) is 0 Å². The first-order chi connectivity index (χ1) is 6.79. The lowest BCUT2D eigenvalue weighted by Crippen LogP contribution is -2.35. The van der Waals surface area contributed by atoms with Crippen LogP contribution in [-0.4, -0.2) is 24.5 Å². The number of benzene rings is 1. The van der Waals surface area contributed by atoms with Gasteiger partial charge < -0.3 is 10.6 Å². The first kappa shape index (κ1) is 9.69. The number of rotatable bonds is 2. The summed E-state index contributed by atoms with van der Waals surface area (Å²) < 4.78 is 0. The van der Waals surface area contributed by atoms with Gasteiger partial charge in [0.2, 0.25) is 0 Å². The molecule has 76 valence electrons. The molecule has 1 heterocycles. The second-order valence-electron chi connectivity index (χ2n) is 4.13. The molecule has 1 aliphatic rings. The van der Waals surface area contributed by atoms with E-state index in [0.29, 0.717) is 6.04 Å². The molecule has 2 nitrogen and oxygen atoms in total. The lowest BCUT2D eigenvalue weighted by molar-refractivity contribution is 0.273. The molecule has 1 saturated heterocycles. The molecule has 0 aliphatic carbocycles. The molecule has 14 heavy (non-hydrogen) atoms. The van der Waals surface area contributed by atoms with Crippen LogP contribution < -0.4 is 5.73 Å². The molecule has 0 aromatic heterocycles. The van der Waals surface area contributed by atoms with Crippen LogP contribution in [0.5, 0.6) is 0 Å². The van der Waals surface area contributed by atoms with E-state index in [4.69, 9.17) is 5.73 Å². The van der Waals surface area contributed by atoms with E-state index in [9.17, 15) is 0 Å². The van der Waals surface area contributed by atoms with Crippen molar-refractivity contribution in [1.29, 1.82) is 0 Å². The number of nitrogens with two attached hydrogens (primary N) is 1. The molecule has 0 bridgehead atoms. The topological polar surface area (TPSA) is 29.3 Å². The fraction of sp³-hybridized carbons (Fsp3) is 0.500. The summed E-state index contributed by atoms with van der Waals surface area (Å²) in [7, 11) is 2.17. The zero-order valence-electron chi connectivity index (χ0n) is 8.69. The van der Waals surface area contributed by atoms with Crippen molar-refractivity contribution in [2.45, 2.75) is 24.9 Å². The monoisotopic (exact) mass is 190 g/mol. The Labute approximate surface area is 85.7 Å². The Morgan fingerprint density at radius 1 is 1.36 bits per heavy atom. The Hall–Kier alpha value is -0.860.